The predicted octanol–water partition coefficient (Wildman–Crippen LogP) is 4.12. The number of carbonyl (C=O) groups excluding carboxylic acids is 1. The van der Waals surface area contributed by atoms with Gasteiger partial charge in [0, 0.05) is 6.42 Å². The van der Waals surface area contributed by atoms with Crippen LogP contribution in [-0.4, -0.2) is 44.1 Å². The molecule has 1 unspecified atom stereocenters. The van der Waals surface area contributed by atoms with Gasteiger partial charge in [-0.15, -0.1) is 0 Å². The molecule has 0 aromatic heterocycles. The fraction of sp³-hybridized carbons (Fsp3) is 0.810. The molecule has 0 bridgehead atoms. The monoisotopic (exact) mass is 451 g/mol. The SMILES string of the molecule is CCCCCCCC/C=C/CCCCCCCC(=O)O.NC(=O)C(O)CP(=O)(O)O. The van der Waals surface area contributed by atoms with E-state index in [2.05, 4.69) is 24.8 Å². The Labute approximate surface area is 181 Å². The smallest absolute Gasteiger partial charge is 0.328 e. The quantitative estimate of drug-likeness (QED) is 0.119. The van der Waals surface area contributed by atoms with Gasteiger partial charge in [-0.3, -0.25) is 14.2 Å². The number of primary amides is 1. The molecule has 8 nitrogen and oxygen atoms in total. The lowest BCUT2D eigenvalue weighted by atomic mass is 10.1. The maximum absolute atomic E-state index is 10.3. The Bertz CT molecular complexity index is 506. The molecule has 0 aromatic rings. The van der Waals surface area contributed by atoms with Crippen LogP contribution in [0.4, 0.5) is 0 Å². The molecule has 0 spiro atoms. The van der Waals surface area contributed by atoms with Crippen molar-refractivity contribution in [2.45, 2.75) is 103 Å². The maximum Gasteiger partial charge on any atom is 0.328 e. The van der Waals surface area contributed by atoms with Crippen LogP contribution in [0.2, 0.25) is 0 Å². The van der Waals surface area contributed by atoms with Gasteiger partial charge < -0.3 is 25.7 Å². The number of nitrogens with two attached hydrogens (primary N) is 1. The molecule has 0 fully saturated rings. The van der Waals surface area contributed by atoms with Crippen molar-refractivity contribution in [3.8, 4) is 0 Å². The van der Waals surface area contributed by atoms with Crippen molar-refractivity contribution in [3.05, 3.63) is 12.2 Å². The third-order valence-corrected chi connectivity index (χ3v) is 5.21. The first-order valence-electron chi connectivity index (χ1n) is 11.0. The Morgan fingerprint density at radius 2 is 1.30 bits per heavy atom. The van der Waals surface area contributed by atoms with Crippen molar-refractivity contribution in [1.29, 1.82) is 0 Å². The highest BCUT2D eigenvalue weighted by molar-refractivity contribution is 7.51. The molecule has 0 aromatic carbocycles. The molecule has 0 saturated heterocycles. The average molecular weight is 452 g/mol. The van der Waals surface area contributed by atoms with Gasteiger partial charge >= 0.3 is 13.6 Å². The van der Waals surface area contributed by atoms with Gasteiger partial charge in [-0.2, -0.15) is 0 Å². The van der Waals surface area contributed by atoms with Crippen molar-refractivity contribution >= 4 is 19.5 Å². The van der Waals surface area contributed by atoms with Crippen LogP contribution in [0.15, 0.2) is 12.2 Å². The standard InChI is InChI=1S/C18H34O2.C3H8NO5P/c1-2-3-4-5-6-7-8-9-10-11-12-13-14-15-16-17-18(19)20;4-3(6)2(5)1-10(7,8)9/h9-10H,2-8,11-17H2,1H3,(H,19,20);2,5H,1H2,(H2,4,6)(H2,7,8,9)/b10-9+;. The van der Waals surface area contributed by atoms with Crippen LogP contribution in [0.1, 0.15) is 96.8 Å². The van der Waals surface area contributed by atoms with Crippen LogP contribution in [0.3, 0.4) is 0 Å². The van der Waals surface area contributed by atoms with Gasteiger partial charge in [-0.1, -0.05) is 70.4 Å². The molecule has 0 aliphatic rings. The zero-order valence-electron chi connectivity index (χ0n) is 18.4. The van der Waals surface area contributed by atoms with Gasteiger partial charge in [0.25, 0.3) is 0 Å². The van der Waals surface area contributed by atoms with Gasteiger partial charge in [-0.25, -0.2) is 0 Å². The zero-order chi connectivity index (χ0) is 23.3. The molecule has 0 heterocycles. The second kappa shape index (κ2) is 21.0. The summed E-state index contributed by atoms with van der Waals surface area (Å²) < 4.78 is 10.1. The predicted molar refractivity (Wildman–Crippen MR) is 119 cm³/mol. The Balaban J connectivity index is 0. The molecule has 1 atom stereocenters. The number of rotatable bonds is 18. The summed E-state index contributed by atoms with van der Waals surface area (Å²) in [6.45, 7) is 2.26. The first-order chi connectivity index (χ1) is 14.1. The van der Waals surface area contributed by atoms with Crippen LogP contribution in [-0.2, 0) is 14.2 Å². The number of unbranched alkanes of at least 4 members (excludes halogenated alkanes) is 11. The molecular formula is C21H42NO7P. The van der Waals surface area contributed by atoms with Crippen LogP contribution >= 0.6 is 7.60 Å². The van der Waals surface area contributed by atoms with Crippen LogP contribution in [0.25, 0.3) is 0 Å². The minimum Gasteiger partial charge on any atom is -0.481 e. The van der Waals surface area contributed by atoms with E-state index >= 15 is 0 Å². The number of allylic oxidation sites excluding steroid dienone is 2. The molecule has 0 rings (SSSR count). The number of carboxylic acids is 1. The third kappa shape index (κ3) is 29.0. The van der Waals surface area contributed by atoms with E-state index in [1.54, 1.807) is 0 Å². The van der Waals surface area contributed by atoms with Crippen LogP contribution in [0.5, 0.6) is 0 Å². The summed E-state index contributed by atoms with van der Waals surface area (Å²) in [5, 5.41) is 17.0. The Morgan fingerprint density at radius 3 is 1.67 bits per heavy atom. The Hall–Kier alpha value is -1.21. The zero-order valence-corrected chi connectivity index (χ0v) is 19.3. The van der Waals surface area contributed by atoms with Gasteiger partial charge in [0.1, 0.15) is 6.10 Å². The van der Waals surface area contributed by atoms with Crippen LogP contribution < -0.4 is 5.73 Å². The second-order valence-corrected chi connectivity index (χ2v) is 9.19. The molecule has 30 heavy (non-hydrogen) atoms. The van der Waals surface area contributed by atoms with E-state index in [1.165, 1.54) is 70.6 Å². The van der Waals surface area contributed by atoms with Crippen LogP contribution in [0, 0.1) is 0 Å². The third-order valence-electron chi connectivity index (χ3n) is 4.39. The fourth-order valence-corrected chi connectivity index (χ4v) is 3.29. The van der Waals surface area contributed by atoms with Gasteiger partial charge in [0.05, 0.1) is 6.16 Å². The highest BCUT2D eigenvalue weighted by Gasteiger charge is 2.23. The van der Waals surface area contributed by atoms with Crippen molar-refractivity contribution in [3.63, 3.8) is 0 Å². The first kappa shape index (κ1) is 31.0. The number of amides is 1. The number of aliphatic hydroxyl groups is 1. The van der Waals surface area contributed by atoms with Crippen molar-refractivity contribution < 1.29 is 34.2 Å². The van der Waals surface area contributed by atoms with Crippen molar-refractivity contribution in [1.82, 2.24) is 0 Å². The second-order valence-electron chi connectivity index (χ2n) is 7.49. The lowest BCUT2D eigenvalue weighted by Crippen LogP contribution is -2.31. The minimum absolute atomic E-state index is 0.332. The van der Waals surface area contributed by atoms with E-state index in [9.17, 15) is 14.2 Å². The lowest BCUT2D eigenvalue weighted by molar-refractivity contribution is -0.137. The molecule has 0 aliphatic heterocycles. The van der Waals surface area contributed by atoms with Gasteiger partial charge in [-0.05, 0) is 32.1 Å². The number of hydrogen-bond acceptors (Lipinski definition) is 4. The van der Waals surface area contributed by atoms with E-state index in [1.807, 2.05) is 0 Å². The largest absolute Gasteiger partial charge is 0.481 e. The number of hydrogen-bond donors (Lipinski definition) is 5. The summed E-state index contributed by atoms with van der Waals surface area (Å²) in [4.78, 5) is 36.7. The molecule has 178 valence electrons. The minimum atomic E-state index is -4.33. The molecular weight excluding hydrogens is 409 g/mol. The molecule has 0 radical (unpaired) electrons. The topological polar surface area (TPSA) is 158 Å². The molecule has 0 aliphatic carbocycles. The highest BCUT2D eigenvalue weighted by Crippen LogP contribution is 2.34. The van der Waals surface area contributed by atoms with E-state index in [-0.39, 0.29) is 0 Å². The molecule has 6 N–H and O–H groups in total. The summed E-state index contributed by atoms with van der Waals surface area (Å²) in [6, 6.07) is 0. The van der Waals surface area contributed by atoms with Crippen molar-refractivity contribution in [2.24, 2.45) is 5.73 Å². The lowest BCUT2D eigenvalue weighted by Gasteiger charge is -2.06. The molecule has 9 heteroatoms. The maximum atomic E-state index is 10.3. The summed E-state index contributed by atoms with van der Waals surface area (Å²) in [6.07, 6.45) is 18.6. The number of aliphatic carboxylic acids is 1. The van der Waals surface area contributed by atoms with Gasteiger partial charge in [0.2, 0.25) is 5.91 Å². The summed E-state index contributed by atoms with van der Waals surface area (Å²) >= 11 is 0. The van der Waals surface area contributed by atoms with E-state index in [4.69, 9.17) is 20.0 Å². The van der Waals surface area contributed by atoms with E-state index in [0.29, 0.717) is 6.42 Å². The number of carboxylic acid groups (broad SMARTS) is 1. The Kier molecular flexibility index (Phi) is 21.7. The van der Waals surface area contributed by atoms with Gasteiger partial charge in [0.15, 0.2) is 0 Å². The first-order valence-corrected chi connectivity index (χ1v) is 12.8. The fourth-order valence-electron chi connectivity index (χ4n) is 2.66. The molecule has 1 amide bonds. The Morgan fingerprint density at radius 1 is 0.867 bits per heavy atom. The average Bonchev–Trinajstić information content (AvgIpc) is 2.63. The molecule has 0 saturated carbocycles. The highest BCUT2D eigenvalue weighted by atomic mass is 31.2. The van der Waals surface area contributed by atoms with Crippen molar-refractivity contribution in [2.75, 3.05) is 6.16 Å². The summed E-state index contributed by atoms with van der Waals surface area (Å²) in [5.41, 5.74) is 4.51. The number of aliphatic hydroxyl groups excluding tert-OH is 1. The normalized spacial score (nSPS) is 12.4. The summed E-state index contributed by atoms with van der Waals surface area (Å²) in [5.74, 6) is -1.80. The van der Waals surface area contributed by atoms with E-state index < -0.39 is 31.7 Å². The summed E-state index contributed by atoms with van der Waals surface area (Å²) in [7, 11) is -4.33. The van der Waals surface area contributed by atoms with E-state index in [0.717, 1.165) is 12.8 Å². The number of carbonyl (C=O) groups is 2.